The average molecular weight is 717 g/mol. The minimum Gasteiger partial charge on any atom is -0.464 e. The molecule has 0 amide bonds. The summed E-state index contributed by atoms with van der Waals surface area (Å²) in [5.74, 6) is -6.92. The van der Waals surface area contributed by atoms with Gasteiger partial charge >= 0.3 is 35.8 Å². The van der Waals surface area contributed by atoms with E-state index in [0.717, 1.165) is 6.92 Å². The van der Waals surface area contributed by atoms with Crippen molar-refractivity contribution in [1.29, 1.82) is 0 Å². The molecule has 0 radical (unpaired) electrons. The molecule has 0 N–H and O–H groups in total. The summed E-state index contributed by atoms with van der Waals surface area (Å²) in [7, 11) is 0. The highest BCUT2D eigenvalue weighted by atomic mass is 16.6. The first kappa shape index (κ1) is 32.7. The van der Waals surface area contributed by atoms with E-state index in [9.17, 15) is 33.6 Å². The SMILES string of the molecule is [3H]CC(C)(C[3H])C(=O)OCC(C)(COC(=O)C(C)(C[3H])C[3H])C(=O)OCC(C)(COC(=O)C(C)(COC(=O)C(C)(C[3H])C[3H])COC(=O)C(C)(C[3H])C[3H])C(C)=O. The lowest BCUT2D eigenvalue weighted by molar-refractivity contribution is -0.179. The number of Topliss-reactive ketones (excluding diaryl/α,β-unsaturated/α-hetero) is 1. The fraction of sp³-hybridized carbons (Fsp3) is 0.806. The topological polar surface area (TPSA) is 175 Å². The van der Waals surface area contributed by atoms with Gasteiger partial charge in [-0.3, -0.25) is 33.6 Å². The Morgan fingerprint density at radius 2 is 0.551 bits per heavy atom. The van der Waals surface area contributed by atoms with E-state index in [1.54, 1.807) is 0 Å². The highest BCUT2D eigenvalue weighted by Crippen LogP contribution is 2.30. The summed E-state index contributed by atoms with van der Waals surface area (Å²) in [4.78, 5) is 91.5. The summed E-state index contributed by atoms with van der Waals surface area (Å²) < 4.78 is 93.3. The molecule has 0 fully saturated rings. The van der Waals surface area contributed by atoms with Crippen molar-refractivity contribution in [3.63, 3.8) is 0 Å². The van der Waals surface area contributed by atoms with Crippen molar-refractivity contribution in [3.8, 4) is 0 Å². The van der Waals surface area contributed by atoms with Crippen molar-refractivity contribution < 1.29 is 72.9 Å². The van der Waals surface area contributed by atoms with Crippen molar-refractivity contribution in [2.24, 2.45) is 37.9 Å². The molecule has 0 bridgehead atoms. The van der Waals surface area contributed by atoms with E-state index in [-0.39, 0.29) is 0 Å². The normalized spacial score (nSPS) is 15.3. The second-order valence-corrected chi connectivity index (χ2v) is 14.9. The first-order valence-electron chi connectivity index (χ1n) is 20.7. The molecule has 0 saturated carbocycles. The molecule has 0 unspecified atom stereocenters. The second kappa shape index (κ2) is 16.5. The van der Waals surface area contributed by atoms with Gasteiger partial charge in [-0.25, -0.2) is 0 Å². The molecular weight excluding hydrogens is 640 g/mol. The molecule has 13 nitrogen and oxygen atoms in total. The van der Waals surface area contributed by atoms with Crippen LogP contribution in [0, 0.1) is 37.9 Å². The van der Waals surface area contributed by atoms with Crippen LogP contribution in [0.3, 0.4) is 0 Å². The average Bonchev–Trinajstić information content (AvgIpc) is 3.22. The number of ether oxygens (including phenoxy) is 6. The van der Waals surface area contributed by atoms with Gasteiger partial charge in [0.15, 0.2) is 0 Å². The van der Waals surface area contributed by atoms with Gasteiger partial charge in [0.1, 0.15) is 56.3 Å². The van der Waals surface area contributed by atoms with Crippen LogP contribution in [-0.2, 0) is 62.0 Å². The number of ketones is 1. The van der Waals surface area contributed by atoms with Gasteiger partial charge in [-0.1, -0.05) is 0 Å². The number of carbonyl (C=O) groups excluding carboxylic acids is 7. The lowest BCUT2D eigenvalue weighted by Gasteiger charge is -2.33. The molecular formula is C36H60O13. The second-order valence-electron chi connectivity index (χ2n) is 14.9. The van der Waals surface area contributed by atoms with Crippen LogP contribution in [0.5, 0.6) is 0 Å². The van der Waals surface area contributed by atoms with Crippen molar-refractivity contribution in [2.45, 2.75) is 111 Å². The fourth-order valence-corrected chi connectivity index (χ4v) is 2.96. The highest BCUT2D eigenvalue weighted by molar-refractivity contribution is 5.85. The molecule has 0 heterocycles. The van der Waals surface area contributed by atoms with Crippen LogP contribution in [0.15, 0.2) is 0 Å². The van der Waals surface area contributed by atoms with Gasteiger partial charge in [0.2, 0.25) is 0 Å². The molecule has 0 saturated heterocycles. The van der Waals surface area contributed by atoms with E-state index in [2.05, 4.69) is 0 Å². The molecule has 0 aliphatic carbocycles. The number of rotatable bonds is 15. The summed E-state index contributed by atoms with van der Waals surface area (Å²) in [5.41, 5.74) is -11.9. The van der Waals surface area contributed by atoms with E-state index in [1.807, 2.05) is 0 Å². The van der Waals surface area contributed by atoms with Crippen LogP contribution in [0.1, 0.15) is 122 Å². The summed E-state index contributed by atoms with van der Waals surface area (Å²) in [6.07, 6.45) is 0. The van der Waals surface area contributed by atoms with E-state index in [1.165, 1.54) is 48.5 Å². The predicted molar refractivity (Wildman–Crippen MR) is 179 cm³/mol. The fourth-order valence-electron chi connectivity index (χ4n) is 2.96. The van der Waals surface area contributed by atoms with Gasteiger partial charge in [0, 0.05) is 11.0 Å². The van der Waals surface area contributed by atoms with Gasteiger partial charge in [0.25, 0.3) is 0 Å². The van der Waals surface area contributed by atoms with Crippen molar-refractivity contribution >= 4 is 41.6 Å². The Bertz CT molecular complexity index is 1250. The minimum atomic E-state index is -1.96. The maximum atomic E-state index is 13.7. The summed E-state index contributed by atoms with van der Waals surface area (Å²) in [6, 6.07) is 0. The third-order valence-electron chi connectivity index (χ3n) is 6.94. The van der Waals surface area contributed by atoms with E-state index in [4.69, 9.17) is 39.4 Å². The molecule has 0 aromatic carbocycles. The van der Waals surface area contributed by atoms with Gasteiger partial charge in [0.05, 0.1) is 27.1 Å². The van der Waals surface area contributed by atoms with Crippen LogP contribution in [0.2, 0.25) is 0 Å². The maximum Gasteiger partial charge on any atom is 0.318 e. The third-order valence-corrected chi connectivity index (χ3v) is 6.94. The smallest absolute Gasteiger partial charge is 0.318 e. The summed E-state index contributed by atoms with van der Waals surface area (Å²) >= 11 is 0. The zero-order valence-corrected chi connectivity index (χ0v) is 30.2. The van der Waals surface area contributed by atoms with Crippen molar-refractivity contribution in [3.05, 3.63) is 0 Å². The quantitative estimate of drug-likeness (QED) is 0.163. The summed E-state index contributed by atoms with van der Waals surface area (Å²) in [6.45, 7) is 1.40. The molecule has 0 spiro atoms. The van der Waals surface area contributed by atoms with Crippen molar-refractivity contribution in [1.82, 2.24) is 0 Å². The Morgan fingerprint density at radius 1 is 0.367 bits per heavy atom. The molecule has 0 aliphatic heterocycles. The first-order valence-corrected chi connectivity index (χ1v) is 15.1. The number of hydrogen-bond acceptors (Lipinski definition) is 13. The molecule has 0 atom stereocenters. The van der Waals surface area contributed by atoms with Crippen LogP contribution < -0.4 is 0 Å². The number of hydrogen-bond donors (Lipinski definition) is 0. The van der Waals surface area contributed by atoms with Crippen LogP contribution in [-0.4, -0.2) is 81.2 Å². The zero-order valence-electron chi connectivity index (χ0n) is 38.2. The van der Waals surface area contributed by atoms with Gasteiger partial charge in [-0.15, -0.1) is 0 Å². The van der Waals surface area contributed by atoms with E-state index >= 15 is 0 Å². The maximum absolute atomic E-state index is 13.7. The summed E-state index contributed by atoms with van der Waals surface area (Å²) in [5, 5.41) is 0. The molecule has 49 heavy (non-hydrogen) atoms. The Labute approximate surface area is 303 Å². The van der Waals surface area contributed by atoms with Crippen molar-refractivity contribution in [2.75, 3.05) is 39.6 Å². The number of esters is 6. The molecule has 282 valence electrons. The molecule has 0 rings (SSSR count). The predicted octanol–water partition coefficient (Wildman–Crippen LogP) is 5.04. The standard InChI is InChI=1S/C36H60O13/c1-23(37)34(14,17-48-28(42)35(15,19-44-24(38)30(2,3)4)20-45-25(39)31(5,6)7)18-49-29(43)36(16,21-46-26(40)32(8,9)10)22-47-27(41)33(11,12)13/h17-22H2,1-16H3/i2T,3T,5T,6T,8T,9T,11T,12T. The Morgan fingerprint density at radius 3 is 0.735 bits per heavy atom. The van der Waals surface area contributed by atoms with Crippen LogP contribution in [0.25, 0.3) is 0 Å². The minimum absolute atomic E-state index is 0.512. The molecule has 0 aromatic rings. The van der Waals surface area contributed by atoms with E-state index < -0.39 is 174 Å². The number of carbonyl (C=O) groups is 7. The van der Waals surface area contributed by atoms with Crippen LogP contribution >= 0.6 is 0 Å². The van der Waals surface area contributed by atoms with E-state index in [0.29, 0.717) is 0 Å². The molecule has 13 heteroatoms. The Kier molecular flexibility index (Phi) is 11.0. The molecule has 0 aliphatic rings. The molecule has 0 aromatic heterocycles. The monoisotopic (exact) mass is 716 g/mol. The first-order chi connectivity index (χ1) is 26.2. The third kappa shape index (κ3) is 14.5. The zero-order chi connectivity index (χ0) is 44.7. The Balaban J connectivity index is 6.44. The Hall–Kier alpha value is -3.51. The lowest BCUT2D eigenvalue weighted by atomic mass is 9.87. The van der Waals surface area contributed by atoms with Gasteiger partial charge in [-0.05, 0) is 111 Å². The van der Waals surface area contributed by atoms with Gasteiger partial charge < -0.3 is 28.4 Å². The largest absolute Gasteiger partial charge is 0.464 e. The lowest BCUT2D eigenvalue weighted by Crippen LogP contribution is -2.46. The van der Waals surface area contributed by atoms with Crippen LogP contribution in [0.4, 0.5) is 0 Å². The van der Waals surface area contributed by atoms with Gasteiger partial charge in [-0.2, -0.15) is 0 Å². The highest BCUT2D eigenvalue weighted by Gasteiger charge is 2.45.